The normalized spacial score (nSPS) is 10.3. The minimum Gasteiger partial charge on any atom is -0.381 e. The highest BCUT2D eigenvalue weighted by atomic mass is 35.5. The van der Waals surface area contributed by atoms with Gasteiger partial charge in [-0.1, -0.05) is 16.8 Å². The van der Waals surface area contributed by atoms with Crippen molar-refractivity contribution in [3.63, 3.8) is 0 Å². The van der Waals surface area contributed by atoms with E-state index >= 15 is 0 Å². The van der Waals surface area contributed by atoms with E-state index in [1.165, 1.54) is 24.3 Å². The summed E-state index contributed by atoms with van der Waals surface area (Å²) in [4.78, 5) is 10.3. The van der Waals surface area contributed by atoms with Crippen LogP contribution in [0, 0.1) is 10.1 Å². The van der Waals surface area contributed by atoms with Crippen LogP contribution in [0.4, 0.5) is 11.5 Å². The van der Waals surface area contributed by atoms with Gasteiger partial charge in [-0.05, 0) is 12.1 Å². The number of hydrogen-bond acceptors (Lipinski definition) is 5. The lowest BCUT2D eigenvalue weighted by atomic mass is 10.1. The number of nitro benzene ring substituents is 1. The van der Waals surface area contributed by atoms with Crippen molar-refractivity contribution < 1.29 is 9.45 Å². The summed E-state index contributed by atoms with van der Waals surface area (Å²) in [6.45, 7) is 0. The highest BCUT2D eigenvalue weighted by Crippen LogP contribution is 2.32. The summed E-state index contributed by atoms with van der Waals surface area (Å²) in [5, 5.41) is 14.6. The third-order valence-corrected chi connectivity index (χ3v) is 2.18. The molecule has 0 atom stereocenters. The van der Waals surface area contributed by atoms with Crippen molar-refractivity contribution in [1.82, 2.24) is 5.16 Å². The highest BCUT2D eigenvalue weighted by molar-refractivity contribution is 6.31. The Kier molecular flexibility index (Phi) is 2.49. The van der Waals surface area contributed by atoms with E-state index in [1.807, 2.05) is 0 Å². The maximum absolute atomic E-state index is 10.8. The molecule has 2 aromatic rings. The van der Waals surface area contributed by atoms with E-state index < -0.39 is 4.92 Å². The molecule has 6 nitrogen and oxygen atoms in total. The first-order valence-corrected chi connectivity index (χ1v) is 4.62. The van der Waals surface area contributed by atoms with Crippen LogP contribution >= 0.6 is 11.6 Å². The van der Waals surface area contributed by atoms with Crippen molar-refractivity contribution >= 4 is 23.1 Å². The van der Waals surface area contributed by atoms with Crippen LogP contribution in [-0.4, -0.2) is 10.1 Å². The summed E-state index contributed by atoms with van der Waals surface area (Å²) in [7, 11) is 0. The Balaban J connectivity index is 2.62. The Morgan fingerprint density at radius 3 is 2.75 bits per heavy atom. The van der Waals surface area contributed by atoms with Gasteiger partial charge >= 0.3 is 0 Å². The van der Waals surface area contributed by atoms with Gasteiger partial charge in [0.1, 0.15) is 0 Å². The second-order valence-corrected chi connectivity index (χ2v) is 3.47. The summed E-state index contributed by atoms with van der Waals surface area (Å²) in [5.41, 5.74) is 5.51. The Labute approximate surface area is 94.7 Å². The maximum atomic E-state index is 10.8. The fraction of sp³-hybridized carbons (Fsp3) is 0. The molecule has 1 aromatic heterocycles. The first-order chi connectivity index (χ1) is 7.58. The molecular formula is C9H6ClN3O3. The van der Waals surface area contributed by atoms with Gasteiger partial charge in [0.15, 0.2) is 11.6 Å². The van der Waals surface area contributed by atoms with Crippen LogP contribution in [0.25, 0.3) is 11.3 Å². The van der Waals surface area contributed by atoms with E-state index in [0.717, 1.165) is 0 Å². The molecular weight excluding hydrogens is 234 g/mol. The summed E-state index contributed by atoms with van der Waals surface area (Å²) in [6.07, 6.45) is 0. The molecule has 0 fully saturated rings. The number of nitrogens with two attached hydrogens (primary N) is 1. The smallest absolute Gasteiger partial charge is 0.280 e. The zero-order chi connectivity index (χ0) is 11.7. The molecule has 0 bridgehead atoms. The van der Waals surface area contributed by atoms with E-state index in [4.69, 9.17) is 21.9 Å². The SMILES string of the molecule is Nc1cc(-c2cc(Cl)ccc2[N+](=O)[O-])on1. The maximum Gasteiger partial charge on any atom is 0.280 e. The molecule has 82 valence electrons. The predicted octanol–water partition coefficient (Wildman–Crippen LogP) is 2.49. The summed E-state index contributed by atoms with van der Waals surface area (Å²) in [6, 6.07) is 5.57. The largest absolute Gasteiger partial charge is 0.381 e. The third-order valence-electron chi connectivity index (χ3n) is 1.95. The number of nitrogens with zero attached hydrogens (tertiary/aromatic N) is 2. The molecule has 1 aromatic carbocycles. The second kappa shape index (κ2) is 3.82. The lowest BCUT2D eigenvalue weighted by Crippen LogP contribution is -1.91. The van der Waals surface area contributed by atoms with Crippen LogP contribution in [-0.2, 0) is 0 Å². The Bertz CT molecular complexity index is 553. The van der Waals surface area contributed by atoms with Gasteiger partial charge in [0.25, 0.3) is 5.69 Å². The highest BCUT2D eigenvalue weighted by Gasteiger charge is 2.18. The Morgan fingerprint density at radius 1 is 1.44 bits per heavy atom. The summed E-state index contributed by atoms with van der Waals surface area (Å²) >= 11 is 5.76. The average molecular weight is 240 g/mol. The molecule has 0 radical (unpaired) electrons. The zero-order valence-corrected chi connectivity index (χ0v) is 8.64. The van der Waals surface area contributed by atoms with Gasteiger partial charge in [-0.3, -0.25) is 10.1 Å². The van der Waals surface area contributed by atoms with Crippen LogP contribution < -0.4 is 5.73 Å². The minimum atomic E-state index is -0.523. The number of nitro groups is 1. The molecule has 7 heteroatoms. The van der Waals surface area contributed by atoms with Crippen molar-refractivity contribution in [2.24, 2.45) is 0 Å². The number of benzene rings is 1. The van der Waals surface area contributed by atoms with Gasteiger partial charge in [0.05, 0.1) is 10.5 Å². The quantitative estimate of drug-likeness (QED) is 0.642. The van der Waals surface area contributed by atoms with Crippen molar-refractivity contribution in [3.8, 4) is 11.3 Å². The van der Waals surface area contributed by atoms with Gasteiger partial charge in [0, 0.05) is 17.2 Å². The fourth-order valence-corrected chi connectivity index (χ4v) is 1.45. The fourth-order valence-electron chi connectivity index (χ4n) is 1.28. The average Bonchev–Trinajstić information content (AvgIpc) is 2.64. The first kappa shape index (κ1) is 10.4. The summed E-state index contributed by atoms with van der Waals surface area (Å²) in [5.74, 6) is 0.371. The standard InChI is InChI=1S/C9H6ClN3O3/c10-5-1-2-7(13(14)15)6(3-5)8-4-9(11)12-16-8/h1-4H,(H2,11,12). The Hall–Kier alpha value is -2.08. The zero-order valence-electron chi connectivity index (χ0n) is 7.88. The van der Waals surface area contributed by atoms with E-state index in [1.54, 1.807) is 0 Å². The first-order valence-electron chi connectivity index (χ1n) is 4.24. The van der Waals surface area contributed by atoms with E-state index in [2.05, 4.69) is 5.16 Å². The number of aromatic nitrogens is 1. The minimum absolute atomic E-state index is 0.111. The molecule has 16 heavy (non-hydrogen) atoms. The number of anilines is 1. The molecule has 0 aliphatic heterocycles. The van der Waals surface area contributed by atoms with Crippen molar-refractivity contribution in [1.29, 1.82) is 0 Å². The van der Waals surface area contributed by atoms with Crippen molar-refractivity contribution in [3.05, 3.63) is 39.4 Å². The van der Waals surface area contributed by atoms with Gasteiger partial charge in [-0.2, -0.15) is 0 Å². The molecule has 1 heterocycles. The molecule has 2 N–H and O–H groups in total. The van der Waals surface area contributed by atoms with Crippen LogP contribution in [0.15, 0.2) is 28.8 Å². The van der Waals surface area contributed by atoms with Gasteiger partial charge in [0.2, 0.25) is 0 Å². The monoisotopic (exact) mass is 239 g/mol. The second-order valence-electron chi connectivity index (χ2n) is 3.03. The third kappa shape index (κ3) is 1.82. The van der Waals surface area contributed by atoms with Gasteiger partial charge in [-0.15, -0.1) is 0 Å². The van der Waals surface area contributed by atoms with Crippen LogP contribution in [0.5, 0.6) is 0 Å². The predicted molar refractivity (Wildman–Crippen MR) is 58.0 cm³/mol. The van der Waals surface area contributed by atoms with E-state index in [9.17, 15) is 10.1 Å². The lowest BCUT2D eigenvalue weighted by Gasteiger charge is -1.98. The van der Waals surface area contributed by atoms with Crippen LogP contribution in [0.1, 0.15) is 0 Å². The molecule has 0 amide bonds. The number of nitrogen functional groups attached to an aromatic ring is 1. The van der Waals surface area contributed by atoms with Crippen molar-refractivity contribution in [2.75, 3.05) is 5.73 Å². The molecule has 0 aliphatic carbocycles. The molecule has 0 saturated heterocycles. The van der Waals surface area contributed by atoms with Crippen molar-refractivity contribution in [2.45, 2.75) is 0 Å². The number of hydrogen-bond donors (Lipinski definition) is 1. The lowest BCUT2D eigenvalue weighted by molar-refractivity contribution is -0.384. The van der Waals surface area contributed by atoms with Crippen LogP contribution in [0.2, 0.25) is 5.02 Å². The van der Waals surface area contributed by atoms with Crippen LogP contribution in [0.3, 0.4) is 0 Å². The van der Waals surface area contributed by atoms with Gasteiger partial charge in [-0.25, -0.2) is 0 Å². The molecule has 0 aliphatic rings. The van der Waals surface area contributed by atoms with E-state index in [-0.39, 0.29) is 22.8 Å². The molecule has 0 unspecified atom stereocenters. The molecule has 0 spiro atoms. The Morgan fingerprint density at radius 2 is 2.19 bits per heavy atom. The molecule has 2 rings (SSSR count). The van der Waals surface area contributed by atoms with E-state index in [0.29, 0.717) is 5.02 Å². The number of rotatable bonds is 2. The molecule has 0 saturated carbocycles. The van der Waals surface area contributed by atoms with Gasteiger partial charge < -0.3 is 10.3 Å². The summed E-state index contributed by atoms with van der Waals surface area (Å²) < 4.78 is 4.86. The number of halogens is 1. The topological polar surface area (TPSA) is 95.2 Å².